The van der Waals surface area contributed by atoms with E-state index in [-0.39, 0.29) is 12.1 Å². The third-order valence-corrected chi connectivity index (χ3v) is 1.65. The second-order valence-electron chi connectivity index (χ2n) is 3.72. The fraction of sp³-hybridized carbons (Fsp3) is 0.889. The molecule has 0 atom stereocenters. The monoisotopic (exact) mass is 191 g/mol. The van der Waals surface area contributed by atoms with E-state index in [1.54, 1.807) is 4.90 Å². The smallest absolute Gasteiger partial charge is 0.410 e. The van der Waals surface area contributed by atoms with Gasteiger partial charge in [0.25, 0.3) is 0 Å². The molecule has 0 aromatic heterocycles. The number of ether oxygens (including phenoxy) is 1. The Balaban J connectivity index is 4.16. The first kappa shape index (κ1) is 12.2. The van der Waals surface area contributed by atoms with Gasteiger partial charge < -0.3 is 9.64 Å². The van der Waals surface area contributed by atoms with Gasteiger partial charge in [0.15, 0.2) is 0 Å². The van der Waals surface area contributed by atoms with Crippen molar-refractivity contribution in [1.82, 2.24) is 4.90 Å². The van der Waals surface area contributed by atoms with Gasteiger partial charge in [-0.2, -0.15) is 0 Å². The predicted octanol–water partition coefficient (Wildman–Crippen LogP) is 2.21. The van der Waals surface area contributed by atoms with Crippen LogP contribution >= 0.6 is 0 Å². The first-order chi connectivity index (χ1) is 5.93. The largest absolute Gasteiger partial charge is 0.447 e. The van der Waals surface area contributed by atoms with Gasteiger partial charge in [-0.15, -0.1) is 0 Å². The van der Waals surface area contributed by atoms with Gasteiger partial charge in [0, 0.05) is 12.1 Å². The standard InChI is InChI=1S/C9H18FNO2/c1-5-11(9(2,3)4)8(12)13-7-6-10/h5-7H2,1-4H3. The van der Waals surface area contributed by atoms with Crippen LogP contribution in [0.3, 0.4) is 0 Å². The van der Waals surface area contributed by atoms with Crippen LogP contribution in [0, 0.1) is 0 Å². The van der Waals surface area contributed by atoms with Crippen molar-refractivity contribution in [3.8, 4) is 0 Å². The number of carbonyl (C=O) groups is 1. The van der Waals surface area contributed by atoms with Gasteiger partial charge in [-0.25, -0.2) is 9.18 Å². The van der Waals surface area contributed by atoms with Gasteiger partial charge in [0.2, 0.25) is 0 Å². The molecule has 0 heterocycles. The van der Waals surface area contributed by atoms with Crippen molar-refractivity contribution < 1.29 is 13.9 Å². The minimum absolute atomic E-state index is 0.161. The number of nitrogens with zero attached hydrogens (tertiary/aromatic N) is 1. The van der Waals surface area contributed by atoms with Crippen LogP contribution in [-0.4, -0.2) is 36.4 Å². The molecule has 4 heteroatoms. The predicted molar refractivity (Wildman–Crippen MR) is 49.5 cm³/mol. The highest BCUT2D eigenvalue weighted by atomic mass is 19.1. The quantitative estimate of drug-likeness (QED) is 0.684. The Bertz CT molecular complexity index is 165. The molecule has 1 amide bonds. The third kappa shape index (κ3) is 4.10. The summed E-state index contributed by atoms with van der Waals surface area (Å²) in [5, 5.41) is 0. The highest BCUT2D eigenvalue weighted by Crippen LogP contribution is 2.13. The second-order valence-corrected chi connectivity index (χ2v) is 3.72. The number of hydrogen-bond acceptors (Lipinski definition) is 2. The van der Waals surface area contributed by atoms with Crippen LogP contribution in [-0.2, 0) is 4.74 Å². The molecule has 0 aliphatic rings. The summed E-state index contributed by atoms with van der Waals surface area (Å²) in [5.74, 6) is 0. The van der Waals surface area contributed by atoms with E-state index in [0.29, 0.717) is 6.54 Å². The topological polar surface area (TPSA) is 29.5 Å². The summed E-state index contributed by atoms with van der Waals surface area (Å²) in [6.45, 7) is 7.36. The lowest BCUT2D eigenvalue weighted by Crippen LogP contribution is -2.45. The lowest BCUT2D eigenvalue weighted by atomic mass is 10.1. The molecule has 0 aliphatic heterocycles. The first-order valence-electron chi connectivity index (χ1n) is 4.43. The van der Waals surface area contributed by atoms with Crippen molar-refractivity contribution in [3.63, 3.8) is 0 Å². The van der Waals surface area contributed by atoms with Gasteiger partial charge in [0.05, 0.1) is 0 Å². The second kappa shape index (κ2) is 5.04. The summed E-state index contributed by atoms with van der Waals surface area (Å²) in [4.78, 5) is 12.9. The van der Waals surface area contributed by atoms with Gasteiger partial charge in [-0.3, -0.25) is 0 Å². The molecule has 0 fully saturated rings. The van der Waals surface area contributed by atoms with Crippen LogP contribution in [0.5, 0.6) is 0 Å². The fourth-order valence-corrected chi connectivity index (χ4v) is 1.08. The summed E-state index contributed by atoms with van der Waals surface area (Å²) in [6.07, 6.45) is -0.451. The van der Waals surface area contributed by atoms with E-state index in [1.807, 2.05) is 27.7 Å². The number of carbonyl (C=O) groups excluding carboxylic acids is 1. The van der Waals surface area contributed by atoms with Crippen LogP contribution in [0.15, 0.2) is 0 Å². The Morgan fingerprint density at radius 2 is 2.00 bits per heavy atom. The molecule has 0 radical (unpaired) electrons. The lowest BCUT2D eigenvalue weighted by molar-refractivity contribution is 0.0665. The van der Waals surface area contributed by atoms with E-state index in [1.165, 1.54) is 0 Å². The van der Waals surface area contributed by atoms with Crippen molar-refractivity contribution in [1.29, 1.82) is 0 Å². The molecule has 0 aromatic carbocycles. The van der Waals surface area contributed by atoms with Crippen LogP contribution in [0.2, 0.25) is 0 Å². The fourth-order valence-electron chi connectivity index (χ4n) is 1.08. The first-order valence-corrected chi connectivity index (χ1v) is 4.43. The maximum absolute atomic E-state index is 11.7. The van der Waals surface area contributed by atoms with E-state index in [2.05, 4.69) is 4.74 Å². The van der Waals surface area contributed by atoms with Crippen molar-refractivity contribution in [2.24, 2.45) is 0 Å². The molecule has 0 aliphatic carbocycles. The van der Waals surface area contributed by atoms with Gasteiger partial charge in [-0.1, -0.05) is 0 Å². The van der Waals surface area contributed by atoms with Crippen molar-refractivity contribution in [3.05, 3.63) is 0 Å². The number of alkyl halides is 1. The van der Waals surface area contributed by atoms with Crippen LogP contribution in [0.1, 0.15) is 27.7 Å². The molecule has 0 rings (SSSR count). The Kier molecular flexibility index (Phi) is 4.73. The summed E-state index contributed by atoms with van der Waals surface area (Å²) < 4.78 is 16.4. The van der Waals surface area contributed by atoms with E-state index in [0.717, 1.165) is 0 Å². The Labute approximate surface area is 78.9 Å². The molecule has 0 spiro atoms. The average Bonchev–Trinajstić information content (AvgIpc) is 1.99. The molecule has 0 bridgehead atoms. The highest BCUT2D eigenvalue weighted by molar-refractivity contribution is 5.68. The van der Waals surface area contributed by atoms with E-state index in [9.17, 15) is 9.18 Å². The number of rotatable bonds is 3. The Morgan fingerprint density at radius 1 is 1.46 bits per heavy atom. The summed E-state index contributed by atoms with van der Waals surface area (Å²) in [5.41, 5.74) is -0.276. The summed E-state index contributed by atoms with van der Waals surface area (Å²) in [6, 6.07) is 0. The molecule has 3 nitrogen and oxygen atoms in total. The Morgan fingerprint density at radius 3 is 2.31 bits per heavy atom. The molecule has 78 valence electrons. The maximum Gasteiger partial charge on any atom is 0.410 e. The van der Waals surface area contributed by atoms with Crippen molar-refractivity contribution >= 4 is 6.09 Å². The number of halogens is 1. The molecule has 0 N–H and O–H groups in total. The molecule has 0 saturated carbocycles. The SMILES string of the molecule is CCN(C(=O)OCCF)C(C)(C)C. The van der Waals surface area contributed by atoms with E-state index >= 15 is 0 Å². The van der Waals surface area contributed by atoms with E-state index in [4.69, 9.17) is 0 Å². The van der Waals surface area contributed by atoms with Gasteiger partial charge in [0.1, 0.15) is 13.3 Å². The van der Waals surface area contributed by atoms with Crippen LogP contribution in [0.25, 0.3) is 0 Å². The number of hydrogen-bond donors (Lipinski definition) is 0. The Hall–Kier alpha value is -0.800. The zero-order valence-electron chi connectivity index (χ0n) is 8.76. The molecule has 0 unspecified atom stereocenters. The lowest BCUT2D eigenvalue weighted by Gasteiger charge is -2.33. The summed E-state index contributed by atoms with van der Waals surface area (Å²) in [7, 11) is 0. The molecular formula is C9H18FNO2. The third-order valence-electron chi connectivity index (χ3n) is 1.65. The molecule has 0 saturated heterocycles. The maximum atomic E-state index is 11.7. The minimum Gasteiger partial charge on any atom is -0.447 e. The highest BCUT2D eigenvalue weighted by Gasteiger charge is 2.25. The van der Waals surface area contributed by atoms with Crippen LogP contribution in [0.4, 0.5) is 9.18 Å². The minimum atomic E-state index is -0.632. The van der Waals surface area contributed by atoms with Gasteiger partial charge in [-0.05, 0) is 27.7 Å². The normalized spacial score (nSPS) is 11.2. The molecule has 13 heavy (non-hydrogen) atoms. The summed E-state index contributed by atoms with van der Waals surface area (Å²) >= 11 is 0. The van der Waals surface area contributed by atoms with Crippen molar-refractivity contribution in [2.75, 3.05) is 19.8 Å². The van der Waals surface area contributed by atoms with Crippen molar-refractivity contribution in [2.45, 2.75) is 33.2 Å². The van der Waals surface area contributed by atoms with Crippen LogP contribution < -0.4 is 0 Å². The molecule has 0 aromatic rings. The van der Waals surface area contributed by atoms with Gasteiger partial charge >= 0.3 is 6.09 Å². The zero-order chi connectivity index (χ0) is 10.5. The van der Waals surface area contributed by atoms with E-state index < -0.39 is 12.8 Å². The number of amides is 1. The average molecular weight is 191 g/mol. The zero-order valence-corrected chi connectivity index (χ0v) is 8.76. The molecular weight excluding hydrogens is 173 g/mol.